The van der Waals surface area contributed by atoms with Crippen molar-refractivity contribution in [1.82, 2.24) is 5.32 Å². The van der Waals surface area contributed by atoms with Crippen molar-refractivity contribution in [3.05, 3.63) is 0 Å². The van der Waals surface area contributed by atoms with Gasteiger partial charge in [0.15, 0.2) is 5.17 Å². The van der Waals surface area contributed by atoms with Crippen molar-refractivity contribution >= 4 is 16.9 Å². The lowest BCUT2D eigenvalue weighted by Crippen LogP contribution is -2.48. The predicted octanol–water partition coefficient (Wildman–Crippen LogP) is 2.81. The molecule has 102 valence electrons. The molecule has 3 nitrogen and oxygen atoms in total. The maximum atomic E-state index is 5.60. The summed E-state index contributed by atoms with van der Waals surface area (Å²) in [4.78, 5) is 4.92. The molecule has 0 radical (unpaired) electrons. The number of hydrogen-bond donors (Lipinski definition) is 1. The normalized spacial score (nSPS) is 39.5. The Kier molecular flexibility index (Phi) is 4.14. The molecule has 1 aliphatic heterocycles. The second-order valence-corrected chi connectivity index (χ2v) is 6.76. The summed E-state index contributed by atoms with van der Waals surface area (Å²) in [5, 5.41) is 4.82. The van der Waals surface area contributed by atoms with E-state index < -0.39 is 0 Å². The van der Waals surface area contributed by atoms with Crippen molar-refractivity contribution in [3.8, 4) is 0 Å². The molecule has 0 amide bonds. The summed E-state index contributed by atoms with van der Waals surface area (Å²) >= 11 is 1.94. The Morgan fingerprint density at radius 2 is 2.17 bits per heavy atom. The summed E-state index contributed by atoms with van der Waals surface area (Å²) in [7, 11) is 0. The standard InChI is InChI=1S/C14H24N2OS/c1-2-17-12-7-11(8-12)15-14-16-13-6-4-3-5-10(13)9-18-14/h10-13H,2-9H2,1H3,(H,15,16). The van der Waals surface area contributed by atoms with Crippen LogP contribution in [0.4, 0.5) is 0 Å². The van der Waals surface area contributed by atoms with Crippen molar-refractivity contribution in [1.29, 1.82) is 0 Å². The van der Waals surface area contributed by atoms with Gasteiger partial charge in [-0.3, -0.25) is 4.99 Å². The number of nitrogens with one attached hydrogen (secondary N) is 1. The monoisotopic (exact) mass is 268 g/mol. The highest BCUT2D eigenvalue weighted by atomic mass is 32.2. The molecule has 4 heteroatoms. The van der Waals surface area contributed by atoms with E-state index in [4.69, 9.17) is 9.73 Å². The first-order valence-electron chi connectivity index (χ1n) is 7.44. The Balaban J connectivity index is 1.47. The van der Waals surface area contributed by atoms with Gasteiger partial charge in [-0.25, -0.2) is 0 Å². The van der Waals surface area contributed by atoms with Gasteiger partial charge in [0.25, 0.3) is 0 Å². The van der Waals surface area contributed by atoms with E-state index in [0.717, 1.165) is 25.4 Å². The van der Waals surface area contributed by atoms with E-state index in [9.17, 15) is 0 Å². The molecule has 2 fully saturated rings. The van der Waals surface area contributed by atoms with Gasteiger partial charge in [0.1, 0.15) is 0 Å². The van der Waals surface area contributed by atoms with Crippen molar-refractivity contribution in [2.45, 2.75) is 63.6 Å². The molecule has 0 spiro atoms. The molecule has 3 aliphatic rings. The molecule has 1 N–H and O–H groups in total. The van der Waals surface area contributed by atoms with Crippen LogP contribution in [0.1, 0.15) is 45.4 Å². The largest absolute Gasteiger partial charge is 0.378 e. The fourth-order valence-corrected chi connectivity index (χ4v) is 4.46. The quantitative estimate of drug-likeness (QED) is 0.854. The number of amidine groups is 1. The minimum absolute atomic E-state index is 0.490. The van der Waals surface area contributed by atoms with Crippen LogP contribution in [0.5, 0.6) is 0 Å². The Morgan fingerprint density at radius 1 is 1.33 bits per heavy atom. The summed E-state index contributed by atoms with van der Waals surface area (Å²) in [6.45, 7) is 2.92. The maximum absolute atomic E-state index is 5.60. The fourth-order valence-electron chi connectivity index (χ4n) is 3.24. The number of thioether (sulfide) groups is 1. The zero-order chi connectivity index (χ0) is 12.4. The van der Waals surface area contributed by atoms with Crippen LogP contribution in [0.15, 0.2) is 4.99 Å². The van der Waals surface area contributed by atoms with Crippen LogP contribution < -0.4 is 5.32 Å². The highest BCUT2D eigenvalue weighted by molar-refractivity contribution is 8.13. The first-order chi connectivity index (χ1) is 8.85. The second-order valence-electron chi connectivity index (χ2n) is 5.75. The van der Waals surface area contributed by atoms with E-state index in [1.165, 1.54) is 36.6 Å². The molecule has 0 aromatic carbocycles. The molecular formula is C14H24N2OS. The predicted molar refractivity (Wildman–Crippen MR) is 77.2 cm³/mol. The molecule has 2 saturated carbocycles. The van der Waals surface area contributed by atoms with E-state index >= 15 is 0 Å². The Morgan fingerprint density at radius 3 is 3.00 bits per heavy atom. The first kappa shape index (κ1) is 12.8. The molecule has 0 saturated heterocycles. The molecule has 0 aromatic heterocycles. The molecule has 3 rings (SSSR count). The first-order valence-corrected chi connectivity index (χ1v) is 8.42. The summed E-state index contributed by atoms with van der Waals surface area (Å²) < 4.78 is 5.60. The van der Waals surface area contributed by atoms with Crippen LogP contribution in [0.2, 0.25) is 0 Å². The minimum Gasteiger partial charge on any atom is -0.378 e. The van der Waals surface area contributed by atoms with E-state index in [-0.39, 0.29) is 0 Å². The topological polar surface area (TPSA) is 33.6 Å². The molecular weight excluding hydrogens is 244 g/mol. The van der Waals surface area contributed by atoms with Crippen LogP contribution in [0.3, 0.4) is 0 Å². The van der Waals surface area contributed by atoms with Crippen molar-refractivity contribution in [2.24, 2.45) is 10.9 Å². The fraction of sp³-hybridized carbons (Fsp3) is 0.929. The lowest BCUT2D eigenvalue weighted by atomic mass is 9.86. The SMILES string of the molecule is CCOC1CC(NC2=NC3CCCCC3CS2)C1. The van der Waals surface area contributed by atoms with Crippen LogP contribution >= 0.6 is 11.8 Å². The average molecular weight is 268 g/mol. The maximum Gasteiger partial charge on any atom is 0.157 e. The lowest BCUT2D eigenvalue weighted by molar-refractivity contribution is -0.00546. The van der Waals surface area contributed by atoms with Crippen molar-refractivity contribution in [3.63, 3.8) is 0 Å². The highest BCUT2D eigenvalue weighted by Gasteiger charge is 2.33. The molecule has 18 heavy (non-hydrogen) atoms. The summed E-state index contributed by atoms with van der Waals surface area (Å²) in [5.41, 5.74) is 0. The molecule has 0 aromatic rings. The third kappa shape index (κ3) is 2.85. The van der Waals surface area contributed by atoms with Gasteiger partial charge in [0, 0.05) is 18.4 Å². The number of fused-ring (bicyclic) bond motifs is 1. The summed E-state index contributed by atoms with van der Waals surface area (Å²) in [6.07, 6.45) is 8.29. The zero-order valence-electron chi connectivity index (χ0n) is 11.2. The number of nitrogens with zero attached hydrogens (tertiary/aromatic N) is 1. The number of rotatable bonds is 3. The second kappa shape index (κ2) is 5.83. The van der Waals surface area contributed by atoms with E-state index in [1.807, 2.05) is 11.8 Å². The average Bonchev–Trinajstić information content (AvgIpc) is 2.36. The molecule has 2 aliphatic carbocycles. The molecule has 2 atom stereocenters. The van der Waals surface area contributed by atoms with Gasteiger partial charge in [-0.2, -0.15) is 0 Å². The Hall–Kier alpha value is -0.220. The van der Waals surface area contributed by atoms with E-state index in [1.54, 1.807) is 0 Å². The van der Waals surface area contributed by atoms with Crippen LogP contribution in [0.25, 0.3) is 0 Å². The third-order valence-electron chi connectivity index (χ3n) is 4.41. The van der Waals surface area contributed by atoms with Gasteiger partial charge < -0.3 is 10.1 Å². The van der Waals surface area contributed by atoms with Crippen molar-refractivity contribution in [2.75, 3.05) is 12.4 Å². The van der Waals surface area contributed by atoms with Crippen LogP contribution in [-0.4, -0.2) is 35.7 Å². The van der Waals surface area contributed by atoms with Crippen LogP contribution in [0, 0.1) is 5.92 Å². The lowest BCUT2D eigenvalue weighted by Gasteiger charge is -2.38. The number of aliphatic imine (C=N–C) groups is 1. The zero-order valence-corrected chi connectivity index (χ0v) is 12.0. The van der Waals surface area contributed by atoms with Gasteiger partial charge in [-0.1, -0.05) is 24.6 Å². The minimum atomic E-state index is 0.490. The number of ether oxygens (including phenoxy) is 1. The van der Waals surface area contributed by atoms with Gasteiger partial charge in [0.2, 0.25) is 0 Å². The number of hydrogen-bond acceptors (Lipinski definition) is 4. The van der Waals surface area contributed by atoms with Gasteiger partial charge in [-0.15, -0.1) is 0 Å². The van der Waals surface area contributed by atoms with Crippen molar-refractivity contribution < 1.29 is 4.74 Å². The van der Waals surface area contributed by atoms with E-state index in [0.29, 0.717) is 18.2 Å². The summed E-state index contributed by atoms with van der Waals surface area (Å²) in [6, 6.07) is 1.22. The molecule has 0 bridgehead atoms. The van der Waals surface area contributed by atoms with E-state index in [2.05, 4.69) is 12.2 Å². The smallest absolute Gasteiger partial charge is 0.157 e. The van der Waals surface area contributed by atoms with Crippen LogP contribution in [-0.2, 0) is 4.74 Å². The van der Waals surface area contributed by atoms with Gasteiger partial charge >= 0.3 is 0 Å². The highest BCUT2D eigenvalue weighted by Crippen LogP contribution is 2.34. The van der Waals surface area contributed by atoms with Gasteiger partial charge in [-0.05, 0) is 38.5 Å². The Bertz CT molecular complexity index is 315. The van der Waals surface area contributed by atoms with Gasteiger partial charge in [0.05, 0.1) is 12.1 Å². The molecule has 2 unspecified atom stereocenters. The third-order valence-corrected chi connectivity index (χ3v) is 5.50. The summed E-state index contributed by atoms with van der Waals surface area (Å²) in [5.74, 6) is 2.13. The molecule has 1 heterocycles. The Labute approximate surface area is 114 Å².